The van der Waals surface area contributed by atoms with Gasteiger partial charge in [0, 0.05) is 15.9 Å². The van der Waals surface area contributed by atoms with Crippen LogP contribution in [0.15, 0.2) is 33.6 Å². The maximum atomic E-state index is 11.4. The van der Waals surface area contributed by atoms with E-state index in [1.165, 1.54) is 4.90 Å². The Hall–Kier alpha value is -0.680. The summed E-state index contributed by atoms with van der Waals surface area (Å²) in [5.74, 6) is 0.970. The molecule has 0 heterocycles. The summed E-state index contributed by atoms with van der Waals surface area (Å²) in [5, 5.41) is 2.75. The van der Waals surface area contributed by atoms with Gasteiger partial charge in [0.25, 0.3) is 0 Å². The van der Waals surface area contributed by atoms with Crippen molar-refractivity contribution in [2.45, 2.75) is 37.7 Å². The van der Waals surface area contributed by atoms with Crippen molar-refractivity contribution in [1.29, 1.82) is 0 Å². The topological polar surface area (TPSA) is 38.3 Å². The second kappa shape index (κ2) is 7.80. The first-order valence-corrected chi connectivity index (χ1v) is 8.00. The lowest BCUT2D eigenvalue weighted by atomic mass is 10.2. The molecule has 1 rings (SSSR count). The molecule has 1 amide bonds. The van der Waals surface area contributed by atoms with Crippen molar-refractivity contribution < 1.29 is 9.53 Å². The molecule has 0 aliphatic carbocycles. The quantitative estimate of drug-likeness (QED) is 0.632. The number of hydrogen-bond donors (Lipinski definition) is 1. The van der Waals surface area contributed by atoms with Gasteiger partial charge in [-0.05, 0) is 57.2 Å². The molecule has 0 unspecified atom stereocenters. The smallest absolute Gasteiger partial charge is 0.407 e. The molecule has 1 aromatic rings. The van der Waals surface area contributed by atoms with Crippen molar-refractivity contribution >= 4 is 33.8 Å². The van der Waals surface area contributed by atoms with Gasteiger partial charge in [0.15, 0.2) is 0 Å². The van der Waals surface area contributed by atoms with E-state index in [0.29, 0.717) is 6.54 Å². The van der Waals surface area contributed by atoms with E-state index in [-0.39, 0.29) is 6.09 Å². The Morgan fingerprint density at radius 3 is 2.53 bits per heavy atom. The molecule has 0 fully saturated rings. The van der Waals surface area contributed by atoms with E-state index < -0.39 is 5.60 Å². The molecule has 0 bridgehead atoms. The Kier molecular flexibility index (Phi) is 6.72. The highest BCUT2D eigenvalue weighted by Gasteiger charge is 2.15. The minimum absolute atomic E-state index is 0.346. The van der Waals surface area contributed by atoms with Gasteiger partial charge in [-0.2, -0.15) is 0 Å². The molecule has 0 saturated heterocycles. The largest absolute Gasteiger partial charge is 0.444 e. The number of thioether (sulfide) groups is 1. The molecular formula is C14H20BrNO2S. The van der Waals surface area contributed by atoms with E-state index in [4.69, 9.17) is 4.74 Å². The minimum atomic E-state index is -0.434. The Morgan fingerprint density at radius 1 is 1.32 bits per heavy atom. The summed E-state index contributed by atoms with van der Waals surface area (Å²) in [6.07, 6.45) is 0.570. The number of ether oxygens (including phenoxy) is 1. The number of carbonyl (C=O) groups excluding carboxylic acids is 1. The monoisotopic (exact) mass is 345 g/mol. The maximum absolute atomic E-state index is 11.4. The number of carbonyl (C=O) groups is 1. The molecule has 0 radical (unpaired) electrons. The van der Waals surface area contributed by atoms with Gasteiger partial charge in [0.05, 0.1) is 0 Å². The predicted octanol–water partition coefficient (Wildman–Crippen LogP) is 4.46. The highest BCUT2D eigenvalue weighted by molar-refractivity contribution is 9.10. The van der Waals surface area contributed by atoms with E-state index in [1.807, 2.05) is 32.9 Å². The molecule has 0 aliphatic heterocycles. The highest BCUT2D eigenvalue weighted by atomic mass is 79.9. The van der Waals surface area contributed by atoms with E-state index in [9.17, 15) is 4.79 Å². The molecular weight excluding hydrogens is 326 g/mol. The lowest BCUT2D eigenvalue weighted by molar-refractivity contribution is 0.0528. The van der Waals surface area contributed by atoms with Crippen LogP contribution < -0.4 is 5.32 Å². The van der Waals surface area contributed by atoms with Gasteiger partial charge in [0.2, 0.25) is 0 Å². The van der Waals surface area contributed by atoms with Crippen LogP contribution in [0.4, 0.5) is 4.79 Å². The second-order valence-electron chi connectivity index (χ2n) is 5.08. The van der Waals surface area contributed by atoms with Gasteiger partial charge < -0.3 is 10.1 Å². The Labute approximate surface area is 127 Å². The molecule has 1 aromatic carbocycles. The number of hydrogen-bond acceptors (Lipinski definition) is 3. The molecule has 3 nitrogen and oxygen atoms in total. The fourth-order valence-corrected chi connectivity index (χ4v) is 2.41. The van der Waals surface area contributed by atoms with Crippen LogP contribution in [0.2, 0.25) is 0 Å². The van der Waals surface area contributed by atoms with Gasteiger partial charge in [-0.1, -0.05) is 15.9 Å². The van der Waals surface area contributed by atoms with Crippen molar-refractivity contribution in [1.82, 2.24) is 5.32 Å². The van der Waals surface area contributed by atoms with E-state index in [0.717, 1.165) is 16.6 Å². The lowest BCUT2D eigenvalue weighted by Crippen LogP contribution is -2.33. The zero-order valence-corrected chi connectivity index (χ0v) is 13.9. The third kappa shape index (κ3) is 8.16. The summed E-state index contributed by atoms with van der Waals surface area (Å²) in [6.45, 7) is 6.21. The van der Waals surface area contributed by atoms with Crippen molar-refractivity contribution in [2.75, 3.05) is 12.3 Å². The van der Waals surface area contributed by atoms with Crippen LogP contribution in [-0.4, -0.2) is 24.0 Å². The second-order valence-corrected chi connectivity index (χ2v) is 7.17. The van der Waals surface area contributed by atoms with Crippen molar-refractivity contribution in [3.8, 4) is 0 Å². The summed E-state index contributed by atoms with van der Waals surface area (Å²) in [7, 11) is 0. The normalized spacial score (nSPS) is 11.2. The van der Waals surface area contributed by atoms with Gasteiger partial charge in [-0.15, -0.1) is 11.8 Å². The van der Waals surface area contributed by atoms with Crippen molar-refractivity contribution in [3.05, 3.63) is 28.7 Å². The maximum Gasteiger partial charge on any atom is 0.407 e. The van der Waals surface area contributed by atoms with E-state index >= 15 is 0 Å². The highest BCUT2D eigenvalue weighted by Crippen LogP contribution is 2.20. The van der Waals surface area contributed by atoms with Crippen LogP contribution in [0.5, 0.6) is 0 Å². The standard InChI is InChI=1S/C14H20BrNO2S/c1-14(2,3)18-13(17)16-9-4-10-19-12-7-5-11(15)6-8-12/h5-8H,4,9-10H2,1-3H3,(H,16,17). The molecule has 5 heteroatoms. The van der Waals surface area contributed by atoms with Crippen LogP contribution in [0.25, 0.3) is 0 Å². The van der Waals surface area contributed by atoms with Crippen LogP contribution >= 0.6 is 27.7 Å². The third-order valence-corrected chi connectivity index (χ3v) is 3.70. The average Bonchev–Trinajstić information content (AvgIpc) is 2.29. The van der Waals surface area contributed by atoms with Crippen LogP contribution in [0.1, 0.15) is 27.2 Å². The zero-order valence-electron chi connectivity index (χ0n) is 11.5. The summed E-state index contributed by atoms with van der Waals surface area (Å²) in [4.78, 5) is 12.6. The number of benzene rings is 1. The van der Waals surface area contributed by atoms with Crippen molar-refractivity contribution in [3.63, 3.8) is 0 Å². The van der Waals surface area contributed by atoms with Gasteiger partial charge in [-0.3, -0.25) is 0 Å². The summed E-state index contributed by atoms with van der Waals surface area (Å²) in [5.41, 5.74) is -0.434. The molecule has 0 atom stereocenters. The lowest BCUT2D eigenvalue weighted by Gasteiger charge is -2.19. The Balaban J connectivity index is 2.11. The van der Waals surface area contributed by atoms with Gasteiger partial charge in [-0.25, -0.2) is 4.79 Å². The van der Waals surface area contributed by atoms with E-state index in [2.05, 4.69) is 33.4 Å². The molecule has 1 N–H and O–H groups in total. The van der Waals surface area contributed by atoms with Gasteiger partial charge in [0.1, 0.15) is 5.60 Å². The van der Waals surface area contributed by atoms with Crippen LogP contribution in [0.3, 0.4) is 0 Å². The summed E-state index contributed by atoms with van der Waals surface area (Å²) >= 11 is 5.19. The Morgan fingerprint density at radius 2 is 1.95 bits per heavy atom. The number of nitrogens with one attached hydrogen (secondary N) is 1. The molecule has 0 aromatic heterocycles. The molecule has 19 heavy (non-hydrogen) atoms. The first kappa shape index (κ1) is 16.4. The fraction of sp³-hybridized carbons (Fsp3) is 0.500. The van der Waals surface area contributed by atoms with Gasteiger partial charge >= 0.3 is 6.09 Å². The number of rotatable bonds is 5. The first-order chi connectivity index (χ1) is 8.87. The predicted molar refractivity (Wildman–Crippen MR) is 83.7 cm³/mol. The fourth-order valence-electron chi connectivity index (χ4n) is 1.30. The molecule has 0 spiro atoms. The minimum Gasteiger partial charge on any atom is -0.444 e. The summed E-state index contributed by atoms with van der Waals surface area (Å²) < 4.78 is 6.24. The van der Waals surface area contributed by atoms with Crippen LogP contribution in [-0.2, 0) is 4.74 Å². The van der Waals surface area contributed by atoms with Crippen LogP contribution in [0, 0.1) is 0 Å². The van der Waals surface area contributed by atoms with E-state index in [1.54, 1.807) is 11.8 Å². The molecule has 106 valence electrons. The third-order valence-electron chi connectivity index (χ3n) is 2.07. The molecule has 0 aliphatic rings. The number of alkyl carbamates (subject to hydrolysis) is 1. The number of amides is 1. The molecule has 0 saturated carbocycles. The SMILES string of the molecule is CC(C)(C)OC(=O)NCCCSc1ccc(Br)cc1. The zero-order chi connectivity index (χ0) is 14.3. The van der Waals surface area contributed by atoms with Crippen molar-refractivity contribution in [2.24, 2.45) is 0 Å². The average molecular weight is 346 g/mol. The Bertz CT molecular complexity index is 401. The number of halogens is 1. The summed E-state index contributed by atoms with van der Waals surface area (Å²) in [6, 6.07) is 8.22. The first-order valence-electron chi connectivity index (χ1n) is 6.22.